The van der Waals surface area contributed by atoms with Crippen molar-refractivity contribution >= 4 is 16.6 Å². The van der Waals surface area contributed by atoms with Crippen LogP contribution in [0.5, 0.6) is 0 Å². The van der Waals surface area contributed by atoms with Gasteiger partial charge in [-0.1, -0.05) is 48.4 Å². The van der Waals surface area contributed by atoms with Gasteiger partial charge in [-0.25, -0.2) is 0 Å². The van der Waals surface area contributed by atoms with E-state index in [-0.39, 0.29) is 11.2 Å². The Morgan fingerprint density at radius 2 is 1.74 bits per heavy atom. The summed E-state index contributed by atoms with van der Waals surface area (Å²) in [5.74, 6) is 5.72. The molecule has 0 atom stereocenters. The lowest BCUT2D eigenvalue weighted by Crippen LogP contribution is -2.04. The number of carbonyl (C=O) groups excluding carboxylic acids is 1. The molecule has 0 heterocycles. The Morgan fingerprint density at radius 3 is 2.47 bits per heavy atom. The molecule has 0 aliphatic carbocycles. The van der Waals surface area contributed by atoms with Gasteiger partial charge in [0.05, 0.1) is 0 Å². The third-order valence-electron chi connectivity index (χ3n) is 2.81. The first-order valence-corrected chi connectivity index (χ1v) is 6.48. The van der Waals surface area contributed by atoms with Crippen LogP contribution in [0.25, 0.3) is 10.8 Å². The molecule has 0 aromatic heterocycles. The fourth-order valence-electron chi connectivity index (χ4n) is 1.92. The van der Waals surface area contributed by atoms with Gasteiger partial charge in [0.25, 0.3) is 0 Å². The van der Waals surface area contributed by atoms with Crippen LogP contribution in [-0.4, -0.2) is 5.78 Å². The highest BCUT2D eigenvalue weighted by atomic mass is 16.1. The predicted octanol–water partition coefficient (Wildman–Crippen LogP) is 4.00. The van der Waals surface area contributed by atoms with Gasteiger partial charge in [-0.05, 0) is 43.0 Å². The molecule has 0 aliphatic rings. The maximum absolute atomic E-state index is 11.9. The molecule has 2 rings (SSSR count). The van der Waals surface area contributed by atoms with Gasteiger partial charge in [0.2, 0.25) is 5.78 Å². The summed E-state index contributed by atoms with van der Waals surface area (Å²) < 4.78 is 0. The van der Waals surface area contributed by atoms with Gasteiger partial charge >= 0.3 is 0 Å². The molecule has 19 heavy (non-hydrogen) atoms. The van der Waals surface area contributed by atoms with Crippen LogP contribution in [0.4, 0.5) is 0 Å². The first kappa shape index (κ1) is 13.4. The minimum absolute atomic E-state index is 0.0220. The van der Waals surface area contributed by atoms with Crippen molar-refractivity contribution in [2.45, 2.75) is 27.2 Å². The molecule has 2 aromatic rings. The molecule has 1 nitrogen and oxygen atoms in total. The molecule has 0 saturated carbocycles. The summed E-state index contributed by atoms with van der Waals surface area (Å²) in [5, 5.41) is 2.30. The molecule has 0 aliphatic heterocycles. The van der Waals surface area contributed by atoms with Gasteiger partial charge in [0.15, 0.2) is 0 Å². The Bertz CT molecular complexity index is 658. The molecule has 0 saturated heterocycles. The summed E-state index contributed by atoms with van der Waals surface area (Å²) in [4.78, 5) is 11.9. The maximum Gasteiger partial charge on any atom is 0.209 e. The first-order valence-electron chi connectivity index (χ1n) is 6.48. The SMILES string of the molecule is CC(C)(C)C#CC(=O)Cc1cccc2ccccc12. The number of ketones is 1. The number of rotatable bonds is 2. The molecule has 0 fully saturated rings. The average Bonchev–Trinajstić information content (AvgIpc) is 2.36. The number of benzene rings is 2. The Balaban J connectivity index is 2.26. The summed E-state index contributed by atoms with van der Waals surface area (Å²) in [6.45, 7) is 6.02. The van der Waals surface area contributed by atoms with Gasteiger partial charge < -0.3 is 0 Å². The van der Waals surface area contributed by atoms with Gasteiger partial charge in [-0.2, -0.15) is 0 Å². The van der Waals surface area contributed by atoms with Crippen molar-refractivity contribution < 1.29 is 4.79 Å². The van der Waals surface area contributed by atoms with E-state index in [0.29, 0.717) is 6.42 Å². The second kappa shape index (κ2) is 5.28. The molecule has 0 unspecified atom stereocenters. The van der Waals surface area contributed by atoms with E-state index >= 15 is 0 Å². The Morgan fingerprint density at radius 1 is 1.05 bits per heavy atom. The summed E-state index contributed by atoms with van der Waals surface area (Å²) in [6, 6.07) is 14.2. The minimum atomic E-state index is -0.131. The normalized spacial score (nSPS) is 10.9. The maximum atomic E-state index is 11.9. The third kappa shape index (κ3) is 3.69. The van der Waals surface area contributed by atoms with E-state index in [1.807, 2.05) is 45.0 Å². The summed E-state index contributed by atoms with van der Waals surface area (Å²) in [6.07, 6.45) is 0.379. The molecule has 0 amide bonds. The fraction of sp³-hybridized carbons (Fsp3) is 0.278. The lowest BCUT2D eigenvalue weighted by molar-refractivity contribution is -0.113. The highest BCUT2D eigenvalue weighted by molar-refractivity contribution is 5.99. The van der Waals surface area contributed by atoms with Crippen LogP contribution in [0.15, 0.2) is 42.5 Å². The number of Topliss-reactive ketones (excluding diaryl/α,β-unsaturated/α-hetero) is 1. The quantitative estimate of drug-likeness (QED) is 0.581. The van der Waals surface area contributed by atoms with Gasteiger partial charge in [-0.15, -0.1) is 0 Å². The monoisotopic (exact) mass is 250 g/mol. The van der Waals surface area contributed by atoms with E-state index in [0.717, 1.165) is 16.3 Å². The second-order valence-electron chi connectivity index (χ2n) is 5.74. The molecule has 96 valence electrons. The summed E-state index contributed by atoms with van der Waals surface area (Å²) >= 11 is 0. The topological polar surface area (TPSA) is 17.1 Å². The predicted molar refractivity (Wildman–Crippen MR) is 79.9 cm³/mol. The molecule has 2 aromatic carbocycles. The average molecular weight is 250 g/mol. The largest absolute Gasteiger partial charge is 0.285 e. The Labute approximate surface area is 114 Å². The zero-order valence-corrected chi connectivity index (χ0v) is 11.7. The van der Waals surface area contributed by atoms with Crippen molar-refractivity contribution in [2.75, 3.05) is 0 Å². The highest BCUT2D eigenvalue weighted by Crippen LogP contribution is 2.19. The molecule has 0 bridgehead atoms. The molecular weight excluding hydrogens is 232 g/mol. The van der Waals surface area contributed by atoms with Gasteiger partial charge in [0.1, 0.15) is 0 Å². The first-order chi connectivity index (χ1) is 8.96. The number of hydrogen-bond donors (Lipinski definition) is 0. The van der Waals surface area contributed by atoms with Crippen LogP contribution >= 0.6 is 0 Å². The lowest BCUT2D eigenvalue weighted by atomic mass is 9.96. The number of hydrogen-bond acceptors (Lipinski definition) is 1. The van der Waals surface area contributed by atoms with E-state index in [1.54, 1.807) is 0 Å². The van der Waals surface area contributed by atoms with Crippen LogP contribution < -0.4 is 0 Å². The van der Waals surface area contributed by atoms with Crippen molar-refractivity contribution in [2.24, 2.45) is 5.41 Å². The zero-order valence-electron chi connectivity index (χ0n) is 11.7. The van der Waals surface area contributed by atoms with Crippen molar-refractivity contribution in [3.63, 3.8) is 0 Å². The van der Waals surface area contributed by atoms with Crippen LogP contribution in [0.2, 0.25) is 0 Å². The van der Waals surface area contributed by atoms with Crippen molar-refractivity contribution in [3.05, 3.63) is 48.0 Å². The Kier molecular flexibility index (Phi) is 3.71. The van der Waals surface area contributed by atoms with E-state index < -0.39 is 0 Å². The molecule has 0 N–H and O–H groups in total. The number of carbonyl (C=O) groups is 1. The molecular formula is C18H18O. The van der Waals surface area contributed by atoms with Crippen LogP contribution in [-0.2, 0) is 11.2 Å². The summed E-state index contributed by atoms with van der Waals surface area (Å²) in [7, 11) is 0. The molecule has 0 spiro atoms. The van der Waals surface area contributed by atoms with E-state index in [4.69, 9.17) is 0 Å². The van der Waals surface area contributed by atoms with Crippen LogP contribution in [0.3, 0.4) is 0 Å². The van der Waals surface area contributed by atoms with Crippen LogP contribution in [0.1, 0.15) is 26.3 Å². The molecule has 1 heteroatoms. The van der Waals surface area contributed by atoms with E-state index in [2.05, 4.69) is 30.0 Å². The smallest absolute Gasteiger partial charge is 0.209 e. The third-order valence-corrected chi connectivity index (χ3v) is 2.81. The molecule has 0 radical (unpaired) electrons. The van der Waals surface area contributed by atoms with E-state index in [1.165, 1.54) is 0 Å². The van der Waals surface area contributed by atoms with Gasteiger partial charge in [0, 0.05) is 11.8 Å². The zero-order chi connectivity index (χ0) is 13.9. The standard InChI is InChI=1S/C18H18O/c1-18(2,3)12-11-16(19)13-15-9-6-8-14-7-4-5-10-17(14)15/h4-10H,13H2,1-3H3. The second-order valence-corrected chi connectivity index (χ2v) is 5.74. The Hall–Kier alpha value is -2.07. The van der Waals surface area contributed by atoms with Crippen molar-refractivity contribution in [3.8, 4) is 11.8 Å². The van der Waals surface area contributed by atoms with E-state index in [9.17, 15) is 4.79 Å². The number of fused-ring (bicyclic) bond motifs is 1. The van der Waals surface area contributed by atoms with Crippen molar-refractivity contribution in [1.82, 2.24) is 0 Å². The highest BCUT2D eigenvalue weighted by Gasteiger charge is 2.07. The van der Waals surface area contributed by atoms with Crippen LogP contribution in [0, 0.1) is 17.3 Å². The van der Waals surface area contributed by atoms with Crippen molar-refractivity contribution in [1.29, 1.82) is 0 Å². The fourth-order valence-corrected chi connectivity index (χ4v) is 1.92. The summed E-state index contributed by atoms with van der Waals surface area (Å²) in [5.41, 5.74) is 0.917. The lowest BCUT2D eigenvalue weighted by Gasteiger charge is -2.07. The minimum Gasteiger partial charge on any atom is -0.285 e. The van der Waals surface area contributed by atoms with Gasteiger partial charge in [-0.3, -0.25) is 4.79 Å².